The van der Waals surface area contributed by atoms with Gasteiger partial charge in [-0.05, 0) is 43.0 Å². The molecule has 0 saturated carbocycles. The van der Waals surface area contributed by atoms with Crippen molar-refractivity contribution in [2.75, 3.05) is 20.3 Å². The van der Waals surface area contributed by atoms with E-state index < -0.39 is 17.7 Å². The van der Waals surface area contributed by atoms with E-state index in [1.54, 1.807) is 48.1 Å². The molecule has 33 heavy (non-hydrogen) atoms. The molecule has 0 unspecified atom stereocenters. The van der Waals surface area contributed by atoms with Crippen LogP contribution >= 0.6 is 11.6 Å². The van der Waals surface area contributed by atoms with Crippen LogP contribution in [0.2, 0.25) is 5.02 Å². The van der Waals surface area contributed by atoms with Crippen LogP contribution in [0.5, 0.6) is 5.88 Å². The van der Waals surface area contributed by atoms with Gasteiger partial charge < -0.3 is 9.84 Å². The zero-order valence-corrected chi connectivity index (χ0v) is 19.3. The topological polar surface area (TPSA) is 91.4 Å². The van der Waals surface area contributed by atoms with Crippen molar-refractivity contribution in [1.29, 1.82) is 0 Å². The number of nitrogens with zero attached hydrogens (tertiary/aromatic N) is 4. The van der Waals surface area contributed by atoms with Gasteiger partial charge in [-0.2, -0.15) is 9.67 Å². The number of imide groups is 1. The van der Waals surface area contributed by atoms with Gasteiger partial charge in [0.05, 0.1) is 24.5 Å². The lowest BCUT2D eigenvalue weighted by Crippen LogP contribution is -2.40. The second-order valence-electron chi connectivity index (χ2n) is 7.60. The van der Waals surface area contributed by atoms with E-state index in [1.165, 1.54) is 11.8 Å². The van der Waals surface area contributed by atoms with Crippen molar-refractivity contribution in [2.24, 2.45) is 0 Å². The molecule has 0 saturated heterocycles. The van der Waals surface area contributed by atoms with Crippen molar-refractivity contribution >= 4 is 34.7 Å². The number of methoxy groups -OCH3 is 1. The molecule has 1 aliphatic heterocycles. The summed E-state index contributed by atoms with van der Waals surface area (Å²) < 4.78 is 7.85. The molecule has 0 bridgehead atoms. The number of benzene rings is 1. The quantitative estimate of drug-likeness (QED) is 0.393. The highest BCUT2D eigenvalue weighted by Crippen LogP contribution is 2.36. The summed E-state index contributed by atoms with van der Waals surface area (Å²) in [5, 5.41) is 18.3. The van der Waals surface area contributed by atoms with Gasteiger partial charge in [0.15, 0.2) is 12.4 Å². The summed E-state index contributed by atoms with van der Waals surface area (Å²) in [7, 11) is 1.49. The van der Waals surface area contributed by atoms with Crippen LogP contribution in [-0.4, -0.2) is 46.8 Å². The number of carbonyl (C=O) groups excluding carboxylic acids is 2. The Kier molecular flexibility index (Phi) is 6.31. The molecule has 0 fully saturated rings. The number of rotatable bonds is 7. The van der Waals surface area contributed by atoms with E-state index in [9.17, 15) is 14.7 Å². The number of pyridine rings is 1. The molecule has 1 aliphatic rings. The molecular formula is C24H23ClN4O4. The Labute approximate surface area is 196 Å². The maximum Gasteiger partial charge on any atom is 0.326 e. The zero-order valence-electron chi connectivity index (χ0n) is 18.5. The van der Waals surface area contributed by atoms with Crippen molar-refractivity contribution < 1.29 is 24.0 Å². The Balaban J connectivity index is 1.92. The van der Waals surface area contributed by atoms with Crippen molar-refractivity contribution in [3.05, 3.63) is 70.6 Å². The molecule has 1 aromatic carbocycles. The molecule has 3 heterocycles. The molecule has 0 radical (unpaired) electrons. The van der Waals surface area contributed by atoms with Crippen LogP contribution in [0.25, 0.3) is 17.0 Å². The van der Waals surface area contributed by atoms with Gasteiger partial charge >= 0.3 is 5.91 Å². The third-order valence-corrected chi connectivity index (χ3v) is 5.78. The number of halogens is 1. The van der Waals surface area contributed by atoms with Crippen LogP contribution in [0, 0.1) is 6.92 Å². The standard InChI is InChI=1S/C24H23ClN4O4/c1-4-16-8-10-27(11-9-16)21-20(22(30)28(24(21)32)12-13-33-3)19-15(2)26-29(23(19)31)18-7-5-6-17(25)14-18/h5-11,14H,4,12-13H2,1-3H3. The monoisotopic (exact) mass is 466 g/mol. The smallest absolute Gasteiger partial charge is 0.326 e. The van der Waals surface area contributed by atoms with Gasteiger partial charge in [0, 0.05) is 29.8 Å². The second kappa shape index (κ2) is 9.17. The van der Waals surface area contributed by atoms with E-state index in [2.05, 4.69) is 5.10 Å². The van der Waals surface area contributed by atoms with E-state index >= 15 is 0 Å². The molecule has 0 atom stereocenters. The number of ether oxygens (including phenoxy) is 1. The molecular weight excluding hydrogens is 444 g/mol. The Bertz CT molecular complexity index is 1260. The Morgan fingerprint density at radius 3 is 2.52 bits per heavy atom. The summed E-state index contributed by atoms with van der Waals surface area (Å²) in [4.78, 5) is 27.8. The first kappa shape index (κ1) is 22.7. The fraction of sp³-hybridized carbons (Fsp3) is 0.250. The molecule has 8 nitrogen and oxygen atoms in total. The van der Waals surface area contributed by atoms with Crippen molar-refractivity contribution in [3.8, 4) is 11.6 Å². The predicted molar refractivity (Wildman–Crippen MR) is 120 cm³/mol. The number of amides is 2. The van der Waals surface area contributed by atoms with Crippen molar-refractivity contribution in [3.63, 3.8) is 0 Å². The maximum atomic E-state index is 13.4. The molecule has 2 aromatic heterocycles. The number of hydrogen-bond acceptors (Lipinski definition) is 5. The van der Waals surface area contributed by atoms with Gasteiger partial charge in [0.25, 0.3) is 11.6 Å². The lowest BCUT2D eigenvalue weighted by Gasteiger charge is -2.15. The van der Waals surface area contributed by atoms with Crippen molar-refractivity contribution in [2.45, 2.75) is 20.3 Å². The fourth-order valence-corrected chi connectivity index (χ4v) is 4.02. The van der Waals surface area contributed by atoms with Crippen LogP contribution in [-0.2, 0) is 20.7 Å². The van der Waals surface area contributed by atoms with E-state index in [1.807, 2.05) is 19.1 Å². The van der Waals surface area contributed by atoms with Gasteiger partial charge in [-0.25, -0.2) is 4.68 Å². The normalized spacial score (nSPS) is 14.0. The summed E-state index contributed by atoms with van der Waals surface area (Å²) in [6, 6.07) is 10.5. The highest BCUT2D eigenvalue weighted by atomic mass is 35.5. The number of aryl methyl sites for hydroxylation is 2. The summed E-state index contributed by atoms with van der Waals surface area (Å²) in [6.45, 7) is 3.92. The molecule has 0 aliphatic carbocycles. The van der Waals surface area contributed by atoms with Crippen LogP contribution in [0.3, 0.4) is 0 Å². The molecule has 0 spiro atoms. The molecule has 0 N–H and O–H groups in total. The molecule has 9 heteroatoms. The van der Waals surface area contributed by atoms with Crippen LogP contribution in [0.15, 0.2) is 48.8 Å². The summed E-state index contributed by atoms with van der Waals surface area (Å²) in [6.07, 6.45) is 4.27. The lowest BCUT2D eigenvalue weighted by atomic mass is 10.0. The van der Waals surface area contributed by atoms with Crippen LogP contribution in [0.1, 0.15) is 23.7 Å². The van der Waals surface area contributed by atoms with Gasteiger partial charge in [0.1, 0.15) is 5.57 Å². The molecule has 2 amide bonds. The van der Waals surface area contributed by atoms with E-state index in [4.69, 9.17) is 16.3 Å². The lowest BCUT2D eigenvalue weighted by molar-refractivity contribution is -0.577. The molecule has 3 aromatic rings. The summed E-state index contributed by atoms with van der Waals surface area (Å²) >= 11 is 6.09. The SMILES string of the molecule is CCc1cc[n+](C2=C(c3c(C)nn(-c4cccc(Cl)c4)c3[O-])C(=O)N(CCOC)C2=O)cc1. The first-order chi connectivity index (χ1) is 15.9. The minimum atomic E-state index is -0.551. The van der Waals surface area contributed by atoms with Gasteiger partial charge in [0.2, 0.25) is 0 Å². The minimum absolute atomic E-state index is 0.0288. The minimum Gasteiger partial charge on any atom is -0.858 e. The Morgan fingerprint density at radius 1 is 1.15 bits per heavy atom. The first-order valence-electron chi connectivity index (χ1n) is 10.5. The number of aromatic nitrogens is 3. The summed E-state index contributed by atoms with van der Waals surface area (Å²) in [5.74, 6) is -1.54. The zero-order chi connectivity index (χ0) is 23.7. The largest absolute Gasteiger partial charge is 0.858 e. The average Bonchev–Trinajstić information content (AvgIpc) is 3.23. The van der Waals surface area contributed by atoms with Crippen LogP contribution < -0.4 is 9.67 Å². The second-order valence-corrected chi connectivity index (χ2v) is 8.04. The molecule has 170 valence electrons. The molecule has 4 rings (SSSR count). The highest BCUT2D eigenvalue weighted by Gasteiger charge is 2.46. The van der Waals surface area contributed by atoms with Gasteiger partial charge in [-0.1, -0.05) is 24.6 Å². The van der Waals surface area contributed by atoms with E-state index in [0.29, 0.717) is 16.4 Å². The third kappa shape index (κ3) is 4.03. The van der Waals surface area contributed by atoms with Gasteiger partial charge in [-0.3, -0.25) is 14.5 Å². The Morgan fingerprint density at radius 2 is 1.88 bits per heavy atom. The van der Waals surface area contributed by atoms with Gasteiger partial charge in [-0.15, -0.1) is 0 Å². The predicted octanol–water partition coefficient (Wildman–Crippen LogP) is 2.14. The van der Waals surface area contributed by atoms with E-state index in [0.717, 1.165) is 16.9 Å². The number of hydrogen-bond donors (Lipinski definition) is 0. The Hall–Kier alpha value is -3.49. The summed E-state index contributed by atoms with van der Waals surface area (Å²) in [5.41, 5.74) is 2.13. The maximum absolute atomic E-state index is 13.4. The fourth-order valence-electron chi connectivity index (χ4n) is 3.83. The van der Waals surface area contributed by atoms with E-state index in [-0.39, 0.29) is 30.0 Å². The first-order valence-corrected chi connectivity index (χ1v) is 10.9. The van der Waals surface area contributed by atoms with Crippen molar-refractivity contribution in [1.82, 2.24) is 14.7 Å². The average molecular weight is 467 g/mol. The third-order valence-electron chi connectivity index (χ3n) is 5.55. The van der Waals surface area contributed by atoms with Crippen LogP contribution in [0.4, 0.5) is 0 Å². The highest BCUT2D eigenvalue weighted by molar-refractivity contribution is 6.44. The number of carbonyl (C=O) groups is 2.